The molecular formula is C12H18N2. The number of hydrogen-bond acceptors (Lipinski definition) is 2. The van der Waals surface area contributed by atoms with Crippen LogP contribution in [0.3, 0.4) is 0 Å². The van der Waals surface area contributed by atoms with Crippen molar-refractivity contribution in [3.05, 3.63) is 36.2 Å². The molecule has 1 aromatic rings. The topological polar surface area (TPSA) is 38.9 Å². The Morgan fingerprint density at radius 1 is 1.43 bits per heavy atom. The van der Waals surface area contributed by atoms with Crippen LogP contribution < -0.4 is 5.73 Å². The monoisotopic (exact) mass is 190 g/mol. The van der Waals surface area contributed by atoms with E-state index in [1.807, 2.05) is 39.0 Å². The Balaban J connectivity index is 0.000000791. The fourth-order valence-corrected chi connectivity index (χ4v) is 0.970. The molecule has 1 heterocycles. The summed E-state index contributed by atoms with van der Waals surface area (Å²) in [6.07, 6.45) is 7.25. The number of allylic oxidation sites excluding steroid dienone is 1. The molecule has 0 saturated heterocycles. The standard InChI is InChI=1S/C10H12N2.C2H6/c1-3-5-10-8(4-2)6-9(11)7-12-10;1-2/h3-7H,2,11H2,1H3;1-2H3/b5-3-;. The van der Waals surface area contributed by atoms with E-state index in [-0.39, 0.29) is 0 Å². The molecule has 0 aliphatic carbocycles. The molecule has 0 aromatic carbocycles. The Kier molecular flexibility index (Phi) is 6.12. The Morgan fingerprint density at radius 3 is 2.57 bits per heavy atom. The molecule has 0 unspecified atom stereocenters. The zero-order valence-electron chi connectivity index (χ0n) is 9.12. The van der Waals surface area contributed by atoms with Crippen LogP contribution in [0.4, 0.5) is 5.69 Å². The number of hydrogen-bond donors (Lipinski definition) is 1. The van der Waals surface area contributed by atoms with Gasteiger partial charge in [-0.2, -0.15) is 0 Å². The average molecular weight is 190 g/mol. The number of rotatable bonds is 2. The largest absolute Gasteiger partial charge is 0.397 e. The molecule has 0 radical (unpaired) electrons. The lowest BCUT2D eigenvalue weighted by Gasteiger charge is -2.00. The predicted molar refractivity (Wildman–Crippen MR) is 64.8 cm³/mol. The predicted octanol–water partition coefficient (Wildman–Crippen LogP) is 3.37. The lowest BCUT2D eigenvalue weighted by Crippen LogP contribution is -1.91. The van der Waals surface area contributed by atoms with Gasteiger partial charge in [-0.3, -0.25) is 4.98 Å². The van der Waals surface area contributed by atoms with Gasteiger partial charge in [0.2, 0.25) is 0 Å². The SMILES string of the molecule is C=Cc1cc(N)cnc1/C=C\C.CC. The molecule has 2 N–H and O–H groups in total. The molecule has 1 aromatic heterocycles. The normalized spacial score (nSPS) is 9.36. The lowest BCUT2D eigenvalue weighted by atomic mass is 10.1. The van der Waals surface area contributed by atoms with Crippen LogP contribution in [0.5, 0.6) is 0 Å². The number of anilines is 1. The Bertz CT molecular complexity index is 314. The van der Waals surface area contributed by atoms with Gasteiger partial charge in [0, 0.05) is 5.56 Å². The maximum absolute atomic E-state index is 5.56. The fourth-order valence-electron chi connectivity index (χ4n) is 0.970. The summed E-state index contributed by atoms with van der Waals surface area (Å²) in [7, 11) is 0. The second kappa shape index (κ2) is 6.89. The third kappa shape index (κ3) is 3.44. The fraction of sp³-hybridized carbons (Fsp3) is 0.250. The summed E-state index contributed by atoms with van der Waals surface area (Å²) in [5, 5.41) is 0. The third-order valence-electron chi connectivity index (χ3n) is 1.52. The molecule has 2 heteroatoms. The number of nitrogen functional groups attached to an aromatic ring is 1. The number of pyridine rings is 1. The van der Waals surface area contributed by atoms with E-state index >= 15 is 0 Å². The van der Waals surface area contributed by atoms with E-state index in [1.165, 1.54) is 0 Å². The minimum absolute atomic E-state index is 0.665. The molecular weight excluding hydrogens is 172 g/mol. The zero-order valence-corrected chi connectivity index (χ0v) is 9.12. The summed E-state index contributed by atoms with van der Waals surface area (Å²) < 4.78 is 0. The first-order valence-corrected chi connectivity index (χ1v) is 4.78. The van der Waals surface area contributed by atoms with Gasteiger partial charge in [-0.1, -0.05) is 32.6 Å². The van der Waals surface area contributed by atoms with Crippen molar-refractivity contribution in [2.75, 3.05) is 5.73 Å². The van der Waals surface area contributed by atoms with E-state index in [9.17, 15) is 0 Å². The maximum Gasteiger partial charge on any atom is 0.0700 e. The van der Waals surface area contributed by atoms with Gasteiger partial charge in [-0.25, -0.2) is 0 Å². The van der Waals surface area contributed by atoms with Crippen LogP contribution in [0.2, 0.25) is 0 Å². The van der Waals surface area contributed by atoms with Crippen LogP contribution in [-0.2, 0) is 0 Å². The zero-order chi connectivity index (χ0) is 11.0. The van der Waals surface area contributed by atoms with E-state index in [0.717, 1.165) is 11.3 Å². The van der Waals surface area contributed by atoms with Gasteiger partial charge in [0.1, 0.15) is 0 Å². The number of nitrogens with zero attached hydrogens (tertiary/aromatic N) is 1. The summed E-state index contributed by atoms with van der Waals surface area (Å²) in [6, 6.07) is 1.86. The molecule has 14 heavy (non-hydrogen) atoms. The minimum Gasteiger partial charge on any atom is -0.397 e. The van der Waals surface area contributed by atoms with Crippen molar-refractivity contribution >= 4 is 17.8 Å². The second-order valence-electron chi connectivity index (χ2n) is 2.45. The molecule has 76 valence electrons. The van der Waals surface area contributed by atoms with Crippen molar-refractivity contribution in [1.82, 2.24) is 4.98 Å². The van der Waals surface area contributed by atoms with E-state index in [4.69, 9.17) is 5.73 Å². The summed E-state index contributed by atoms with van der Waals surface area (Å²) in [5.74, 6) is 0. The van der Waals surface area contributed by atoms with E-state index in [0.29, 0.717) is 5.69 Å². The van der Waals surface area contributed by atoms with Crippen LogP contribution in [0.25, 0.3) is 12.2 Å². The minimum atomic E-state index is 0.665. The van der Waals surface area contributed by atoms with Gasteiger partial charge in [-0.05, 0) is 19.1 Å². The van der Waals surface area contributed by atoms with Crippen LogP contribution in [0, 0.1) is 0 Å². The van der Waals surface area contributed by atoms with Crippen molar-refractivity contribution in [3.8, 4) is 0 Å². The van der Waals surface area contributed by atoms with Gasteiger partial charge in [0.25, 0.3) is 0 Å². The highest BCUT2D eigenvalue weighted by molar-refractivity contribution is 5.64. The van der Waals surface area contributed by atoms with Gasteiger partial charge in [0.15, 0.2) is 0 Å². The van der Waals surface area contributed by atoms with Crippen LogP contribution in [0.1, 0.15) is 32.0 Å². The van der Waals surface area contributed by atoms with Crippen molar-refractivity contribution in [2.45, 2.75) is 20.8 Å². The van der Waals surface area contributed by atoms with Gasteiger partial charge >= 0.3 is 0 Å². The maximum atomic E-state index is 5.56. The molecule has 0 fully saturated rings. The first kappa shape index (κ1) is 12.4. The summed E-state index contributed by atoms with van der Waals surface area (Å²) in [5.41, 5.74) is 8.10. The molecule has 0 aliphatic rings. The molecule has 0 saturated carbocycles. The van der Waals surface area contributed by atoms with E-state index < -0.39 is 0 Å². The summed E-state index contributed by atoms with van der Waals surface area (Å²) in [6.45, 7) is 9.63. The molecule has 0 aliphatic heterocycles. The van der Waals surface area contributed by atoms with Crippen LogP contribution in [-0.4, -0.2) is 4.98 Å². The van der Waals surface area contributed by atoms with E-state index in [2.05, 4.69) is 11.6 Å². The second-order valence-corrected chi connectivity index (χ2v) is 2.45. The van der Waals surface area contributed by atoms with Crippen LogP contribution in [0.15, 0.2) is 24.9 Å². The molecule has 0 spiro atoms. The first-order chi connectivity index (χ1) is 6.77. The number of aromatic nitrogens is 1. The van der Waals surface area contributed by atoms with Gasteiger partial charge in [-0.15, -0.1) is 0 Å². The highest BCUT2D eigenvalue weighted by atomic mass is 14.7. The Labute approximate surface area is 86.2 Å². The lowest BCUT2D eigenvalue weighted by molar-refractivity contribution is 1.28. The van der Waals surface area contributed by atoms with E-state index in [1.54, 1.807) is 12.3 Å². The highest BCUT2D eigenvalue weighted by Crippen LogP contribution is 2.12. The van der Waals surface area contributed by atoms with Crippen molar-refractivity contribution in [1.29, 1.82) is 0 Å². The smallest absolute Gasteiger partial charge is 0.0700 e. The molecule has 0 amide bonds. The summed E-state index contributed by atoms with van der Waals surface area (Å²) in [4.78, 5) is 4.16. The molecule has 0 atom stereocenters. The van der Waals surface area contributed by atoms with Gasteiger partial charge in [0.05, 0.1) is 17.6 Å². The van der Waals surface area contributed by atoms with Crippen molar-refractivity contribution < 1.29 is 0 Å². The van der Waals surface area contributed by atoms with Crippen LogP contribution >= 0.6 is 0 Å². The molecule has 2 nitrogen and oxygen atoms in total. The average Bonchev–Trinajstić information content (AvgIpc) is 2.24. The van der Waals surface area contributed by atoms with Gasteiger partial charge < -0.3 is 5.73 Å². The quantitative estimate of drug-likeness (QED) is 0.776. The van der Waals surface area contributed by atoms with Crippen molar-refractivity contribution in [3.63, 3.8) is 0 Å². The third-order valence-corrected chi connectivity index (χ3v) is 1.52. The molecule has 1 rings (SSSR count). The Hall–Kier alpha value is -1.57. The molecule has 0 bridgehead atoms. The summed E-state index contributed by atoms with van der Waals surface area (Å²) >= 11 is 0. The first-order valence-electron chi connectivity index (χ1n) is 4.78. The highest BCUT2D eigenvalue weighted by Gasteiger charge is 1.96. The number of nitrogens with two attached hydrogens (primary N) is 1. The Morgan fingerprint density at radius 2 is 2.07 bits per heavy atom. The van der Waals surface area contributed by atoms with Crippen molar-refractivity contribution in [2.24, 2.45) is 0 Å².